The highest BCUT2D eigenvalue weighted by atomic mass is 35.5. The van der Waals surface area contributed by atoms with Crippen LogP contribution in [0.15, 0.2) is 36.4 Å². The van der Waals surface area contributed by atoms with E-state index in [0.29, 0.717) is 5.02 Å². The normalized spacial score (nSPS) is 11.4. The van der Waals surface area contributed by atoms with Crippen LogP contribution >= 0.6 is 11.6 Å². The third kappa shape index (κ3) is 3.77. The van der Waals surface area contributed by atoms with Gasteiger partial charge in [0.25, 0.3) is 0 Å². The predicted octanol–water partition coefficient (Wildman–Crippen LogP) is 3.92. The molecule has 0 aliphatic rings. The number of nitrogens with zero attached hydrogens (tertiary/aromatic N) is 1. The van der Waals surface area contributed by atoms with Gasteiger partial charge in [-0.05, 0) is 23.8 Å². The van der Waals surface area contributed by atoms with Crippen molar-refractivity contribution in [3.05, 3.63) is 52.5 Å². The fourth-order valence-corrected chi connectivity index (χ4v) is 1.63. The SMILES string of the molecule is Nc1cc(C(F)(F)F)cc(OCc2ccc(Cl)cc2)n1. The van der Waals surface area contributed by atoms with Crippen molar-refractivity contribution in [2.24, 2.45) is 0 Å². The minimum atomic E-state index is -4.49. The summed E-state index contributed by atoms with van der Waals surface area (Å²) in [4.78, 5) is 3.71. The molecule has 2 aromatic rings. The monoisotopic (exact) mass is 302 g/mol. The number of aromatic nitrogens is 1. The number of alkyl halides is 3. The number of pyridine rings is 1. The Kier molecular flexibility index (Phi) is 4.04. The van der Waals surface area contributed by atoms with Crippen LogP contribution in [0.2, 0.25) is 5.02 Å². The van der Waals surface area contributed by atoms with E-state index in [1.807, 2.05) is 0 Å². The Balaban J connectivity index is 2.13. The summed E-state index contributed by atoms with van der Waals surface area (Å²) in [7, 11) is 0. The second kappa shape index (κ2) is 5.58. The zero-order valence-electron chi connectivity index (χ0n) is 10.1. The van der Waals surface area contributed by atoms with E-state index in [9.17, 15) is 13.2 Å². The van der Waals surface area contributed by atoms with Crippen molar-refractivity contribution in [2.45, 2.75) is 12.8 Å². The average molecular weight is 303 g/mol. The molecule has 0 bridgehead atoms. The average Bonchev–Trinajstić information content (AvgIpc) is 2.36. The van der Waals surface area contributed by atoms with E-state index in [1.54, 1.807) is 24.3 Å². The third-order valence-electron chi connectivity index (χ3n) is 2.45. The minimum absolute atomic E-state index is 0.0743. The summed E-state index contributed by atoms with van der Waals surface area (Å²) in [5.41, 5.74) is 5.20. The molecule has 1 aromatic heterocycles. The number of hydrogen-bond donors (Lipinski definition) is 1. The third-order valence-corrected chi connectivity index (χ3v) is 2.70. The molecular formula is C13H10ClF3N2O. The van der Waals surface area contributed by atoms with Gasteiger partial charge in [0, 0.05) is 11.1 Å². The molecular weight excluding hydrogens is 293 g/mol. The molecule has 1 heterocycles. The standard InChI is InChI=1S/C13H10ClF3N2O/c14-10-3-1-8(2-4-10)7-20-12-6-9(13(15,16)17)5-11(18)19-12/h1-6H,7H2,(H2,18,19). The molecule has 0 saturated carbocycles. The van der Waals surface area contributed by atoms with Crippen LogP contribution in [-0.2, 0) is 12.8 Å². The van der Waals surface area contributed by atoms with Gasteiger partial charge in [0.2, 0.25) is 5.88 Å². The van der Waals surface area contributed by atoms with Crippen LogP contribution in [0.25, 0.3) is 0 Å². The fraction of sp³-hybridized carbons (Fsp3) is 0.154. The molecule has 0 amide bonds. The highest BCUT2D eigenvalue weighted by molar-refractivity contribution is 6.30. The molecule has 106 valence electrons. The van der Waals surface area contributed by atoms with Crippen molar-refractivity contribution in [1.82, 2.24) is 4.98 Å². The van der Waals surface area contributed by atoms with Crippen LogP contribution in [0.1, 0.15) is 11.1 Å². The second-order valence-electron chi connectivity index (χ2n) is 4.03. The van der Waals surface area contributed by atoms with Crippen molar-refractivity contribution >= 4 is 17.4 Å². The highest BCUT2D eigenvalue weighted by Crippen LogP contribution is 2.32. The van der Waals surface area contributed by atoms with Gasteiger partial charge in [-0.15, -0.1) is 0 Å². The van der Waals surface area contributed by atoms with E-state index in [-0.39, 0.29) is 18.3 Å². The van der Waals surface area contributed by atoms with Gasteiger partial charge < -0.3 is 10.5 Å². The van der Waals surface area contributed by atoms with Gasteiger partial charge in [-0.3, -0.25) is 0 Å². The van der Waals surface area contributed by atoms with Gasteiger partial charge >= 0.3 is 6.18 Å². The molecule has 0 aliphatic heterocycles. The smallest absolute Gasteiger partial charge is 0.416 e. The topological polar surface area (TPSA) is 48.1 Å². The summed E-state index contributed by atoms with van der Waals surface area (Å²) >= 11 is 5.73. The summed E-state index contributed by atoms with van der Waals surface area (Å²) in [6, 6.07) is 8.31. The number of hydrogen-bond acceptors (Lipinski definition) is 3. The second-order valence-corrected chi connectivity index (χ2v) is 4.47. The maximum Gasteiger partial charge on any atom is 0.416 e. The first-order chi connectivity index (χ1) is 9.34. The largest absolute Gasteiger partial charge is 0.473 e. The number of nitrogens with two attached hydrogens (primary N) is 1. The van der Waals surface area contributed by atoms with Crippen molar-refractivity contribution < 1.29 is 17.9 Å². The summed E-state index contributed by atoms with van der Waals surface area (Å²) < 4.78 is 43.0. The van der Waals surface area contributed by atoms with E-state index in [4.69, 9.17) is 22.1 Å². The summed E-state index contributed by atoms with van der Waals surface area (Å²) in [6.07, 6.45) is -4.49. The van der Waals surface area contributed by atoms with Crippen molar-refractivity contribution in [1.29, 1.82) is 0 Å². The first-order valence-corrected chi connectivity index (χ1v) is 5.94. The van der Waals surface area contributed by atoms with Crippen LogP contribution < -0.4 is 10.5 Å². The highest BCUT2D eigenvalue weighted by Gasteiger charge is 2.31. The molecule has 3 nitrogen and oxygen atoms in total. The molecule has 0 unspecified atom stereocenters. The molecule has 0 spiro atoms. The maximum absolute atomic E-state index is 12.6. The molecule has 2 N–H and O–H groups in total. The Morgan fingerprint density at radius 3 is 2.40 bits per heavy atom. The zero-order valence-corrected chi connectivity index (χ0v) is 10.9. The fourth-order valence-electron chi connectivity index (χ4n) is 1.50. The first kappa shape index (κ1) is 14.5. The van der Waals surface area contributed by atoms with Gasteiger partial charge in [0.15, 0.2) is 0 Å². The lowest BCUT2D eigenvalue weighted by Crippen LogP contribution is -2.08. The Morgan fingerprint density at radius 1 is 1.15 bits per heavy atom. The Bertz CT molecular complexity index is 600. The van der Waals surface area contributed by atoms with Crippen molar-refractivity contribution in [2.75, 3.05) is 5.73 Å². The van der Waals surface area contributed by atoms with E-state index >= 15 is 0 Å². The van der Waals surface area contributed by atoms with Crippen LogP contribution in [0.5, 0.6) is 5.88 Å². The molecule has 7 heteroatoms. The number of rotatable bonds is 3. The quantitative estimate of drug-likeness (QED) is 0.935. The molecule has 2 rings (SSSR count). The van der Waals surface area contributed by atoms with Gasteiger partial charge in [0.05, 0.1) is 5.56 Å². The first-order valence-electron chi connectivity index (χ1n) is 5.56. The minimum Gasteiger partial charge on any atom is -0.473 e. The van der Waals surface area contributed by atoms with Gasteiger partial charge in [-0.2, -0.15) is 18.2 Å². The number of nitrogen functional groups attached to an aromatic ring is 1. The van der Waals surface area contributed by atoms with Crippen LogP contribution in [0.4, 0.5) is 19.0 Å². The van der Waals surface area contributed by atoms with Crippen LogP contribution in [0.3, 0.4) is 0 Å². The molecule has 0 atom stereocenters. The van der Waals surface area contributed by atoms with Crippen LogP contribution in [-0.4, -0.2) is 4.98 Å². The predicted molar refractivity (Wildman–Crippen MR) is 69.4 cm³/mol. The number of benzene rings is 1. The van der Waals surface area contributed by atoms with Gasteiger partial charge in [-0.25, -0.2) is 0 Å². The van der Waals surface area contributed by atoms with Crippen molar-refractivity contribution in [3.63, 3.8) is 0 Å². The summed E-state index contributed by atoms with van der Waals surface area (Å²) in [5, 5.41) is 0.565. The van der Waals surface area contributed by atoms with Crippen LogP contribution in [0, 0.1) is 0 Å². The Labute approximate surface area is 118 Å². The van der Waals surface area contributed by atoms with E-state index < -0.39 is 11.7 Å². The molecule has 0 fully saturated rings. The van der Waals surface area contributed by atoms with Crippen molar-refractivity contribution in [3.8, 4) is 5.88 Å². The van der Waals surface area contributed by atoms with E-state index in [2.05, 4.69) is 4.98 Å². The summed E-state index contributed by atoms with van der Waals surface area (Å²) in [6.45, 7) is 0.0743. The van der Waals surface area contributed by atoms with E-state index in [1.165, 1.54) is 0 Å². The summed E-state index contributed by atoms with van der Waals surface area (Å²) in [5.74, 6) is -0.418. The zero-order chi connectivity index (χ0) is 14.8. The lowest BCUT2D eigenvalue weighted by Gasteiger charge is -2.10. The lowest BCUT2D eigenvalue weighted by atomic mass is 10.2. The van der Waals surface area contributed by atoms with Gasteiger partial charge in [0.1, 0.15) is 12.4 Å². The van der Waals surface area contributed by atoms with E-state index in [0.717, 1.165) is 17.7 Å². The Morgan fingerprint density at radius 2 is 1.80 bits per heavy atom. The molecule has 0 aliphatic carbocycles. The number of halogens is 4. The number of ether oxygens (including phenoxy) is 1. The van der Waals surface area contributed by atoms with Gasteiger partial charge in [-0.1, -0.05) is 23.7 Å². The number of anilines is 1. The molecule has 0 radical (unpaired) electrons. The molecule has 1 aromatic carbocycles. The lowest BCUT2D eigenvalue weighted by molar-refractivity contribution is -0.137. The molecule has 20 heavy (non-hydrogen) atoms. The molecule has 0 saturated heterocycles. The Hall–Kier alpha value is -1.95. The maximum atomic E-state index is 12.6.